The average molecular weight is 401 g/mol. The fourth-order valence-corrected chi connectivity index (χ4v) is 2.81. The third-order valence-electron chi connectivity index (χ3n) is 2.71. The molecule has 3 rings (SSSR count). The minimum atomic E-state index is 0.543. The Balaban J connectivity index is 2.07. The molecule has 0 spiro atoms. The predicted molar refractivity (Wildman–Crippen MR) is 88.2 cm³/mol. The van der Waals surface area contributed by atoms with Gasteiger partial charge in [0.05, 0.1) is 11.9 Å². The molecule has 0 aliphatic rings. The lowest BCUT2D eigenvalue weighted by molar-refractivity contribution is 1.11. The van der Waals surface area contributed by atoms with Crippen LogP contribution >= 0.6 is 34.2 Å². The van der Waals surface area contributed by atoms with Gasteiger partial charge in [-0.15, -0.1) is 0 Å². The van der Waals surface area contributed by atoms with Crippen LogP contribution in [0.1, 0.15) is 0 Å². The summed E-state index contributed by atoms with van der Waals surface area (Å²) in [6.07, 6.45) is 5.30. The van der Waals surface area contributed by atoms with Crippen LogP contribution < -0.4 is 16.6 Å². The molecule has 0 saturated heterocycles. The summed E-state index contributed by atoms with van der Waals surface area (Å²) < 4.78 is 2.83. The molecular formula is C12H10ClIN6. The Morgan fingerprint density at radius 3 is 2.95 bits per heavy atom. The number of rotatable bonds is 3. The summed E-state index contributed by atoms with van der Waals surface area (Å²) in [6.45, 7) is 0. The van der Waals surface area contributed by atoms with Crippen LogP contribution in [0, 0.1) is 3.57 Å². The number of hydrogen-bond acceptors (Lipinski definition) is 5. The highest BCUT2D eigenvalue weighted by molar-refractivity contribution is 14.1. The van der Waals surface area contributed by atoms with E-state index in [4.69, 9.17) is 17.4 Å². The van der Waals surface area contributed by atoms with E-state index >= 15 is 0 Å². The van der Waals surface area contributed by atoms with Gasteiger partial charge in [0.15, 0.2) is 17.3 Å². The van der Waals surface area contributed by atoms with Crippen LogP contribution in [0.4, 0.5) is 17.3 Å². The summed E-state index contributed by atoms with van der Waals surface area (Å²) in [5.74, 6) is 6.59. The molecule has 0 saturated carbocycles. The normalized spacial score (nSPS) is 10.8. The van der Waals surface area contributed by atoms with Gasteiger partial charge in [0.1, 0.15) is 0 Å². The standard InChI is InChI=1S/C12H10ClIN6/c13-7-1-2-9(8(14)5-7)17-11-12-16-3-4-20(12)6-10(18-11)19-15/h1-6,19H,15H2,(H,17,18). The molecule has 2 aromatic heterocycles. The van der Waals surface area contributed by atoms with Gasteiger partial charge in [0, 0.05) is 21.0 Å². The average Bonchev–Trinajstić information content (AvgIpc) is 2.90. The zero-order valence-electron chi connectivity index (χ0n) is 10.1. The van der Waals surface area contributed by atoms with E-state index < -0.39 is 0 Å². The van der Waals surface area contributed by atoms with Gasteiger partial charge in [0.2, 0.25) is 0 Å². The van der Waals surface area contributed by atoms with Gasteiger partial charge in [-0.3, -0.25) is 0 Å². The van der Waals surface area contributed by atoms with Crippen LogP contribution in [0.5, 0.6) is 0 Å². The van der Waals surface area contributed by atoms with Crippen LogP contribution in [-0.4, -0.2) is 14.4 Å². The molecule has 1 aromatic carbocycles. The number of nitrogens with one attached hydrogen (secondary N) is 2. The molecule has 0 aliphatic carbocycles. The van der Waals surface area contributed by atoms with Crippen molar-refractivity contribution >= 4 is 57.2 Å². The van der Waals surface area contributed by atoms with Gasteiger partial charge >= 0.3 is 0 Å². The lowest BCUT2D eigenvalue weighted by atomic mass is 10.3. The quantitative estimate of drug-likeness (QED) is 0.358. The van der Waals surface area contributed by atoms with Gasteiger partial charge in [-0.05, 0) is 40.8 Å². The summed E-state index contributed by atoms with van der Waals surface area (Å²) >= 11 is 8.16. The van der Waals surface area contributed by atoms with E-state index in [9.17, 15) is 0 Å². The Kier molecular flexibility index (Phi) is 3.64. The first-order valence-electron chi connectivity index (χ1n) is 5.70. The predicted octanol–water partition coefficient (Wildman–Crippen LogP) is 3.02. The fourth-order valence-electron chi connectivity index (χ4n) is 1.80. The van der Waals surface area contributed by atoms with E-state index in [-0.39, 0.29) is 0 Å². The number of hydrogen-bond donors (Lipinski definition) is 3. The summed E-state index contributed by atoms with van der Waals surface area (Å²) in [6, 6.07) is 5.59. The number of benzene rings is 1. The summed E-state index contributed by atoms with van der Waals surface area (Å²) in [5, 5.41) is 3.94. The number of imidazole rings is 1. The van der Waals surface area contributed by atoms with Crippen LogP contribution in [-0.2, 0) is 0 Å². The monoisotopic (exact) mass is 400 g/mol. The van der Waals surface area contributed by atoms with Gasteiger partial charge in [-0.1, -0.05) is 11.6 Å². The highest BCUT2D eigenvalue weighted by atomic mass is 127. The highest BCUT2D eigenvalue weighted by Gasteiger charge is 2.09. The molecular weight excluding hydrogens is 391 g/mol. The third kappa shape index (κ3) is 2.51. The summed E-state index contributed by atoms with van der Waals surface area (Å²) in [5.41, 5.74) is 4.16. The molecule has 0 unspecified atom stereocenters. The zero-order valence-corrected chi connectivity index (χ0v) is 13.1. The molecule has 20 heavy (non-hydrogen) atoms. The second kappa shape index (κ2) is 5.43. The van der Waals surface area contributed by atoms with E-state index in [0.717, 1.165) is 14.9 Å². The first-order chi connectivity index (χ1) is 9.67. The van der Waals surface area contributed by atoms with Gasteiger partial charge in [-0.2, -0.15) is 0 Å². The number of fused-ring (bicyclic) bond motifs is 1. The first-order valence-corrected chi connectivity index (χ1v) is 7.15. The maximum atomic E-state index is 5.95. The minimum Gasteiger partial charge on any atom is -0.336 e. The Labute approximate surface area is 133 Å². The molecule has 0 fully saturated rings. The number of aromatic nitrogens is 3. The van der Waals surface area contributed by atoms with Gasteiger partial charge < -0.3 is 15.1 Å². The minimum absolute atomic E-state index is 0.543. The van der Waals surface area contributed by atoms with Gasteiger partial charge in [-0.25, -0.2) is 15.8 Å². The van der Waals surface area contributed by atoms with Crippen LogP contribution in [0.3, 0.4) is 0 Å². The molecule has 0 atom stereocenters. The van der Waals surface area contributed by atoms with Crippen molar-refractivity contribution in [1.29, 1.82) is 0 Å². The number of nitrogen functional groups attached to an aromatic ring is 1. The molecule has 0 amide bonds. The molecule has 0 aliphatic heterocycles. The Hall–Kier alpha value is -1.58. The first kappa shape index (κ1) is 13.4. The molecule has 0 bridgehead atoms. The Morgan fingerprint density at radius 1 is 1.35 bits per heavy atom. The summed E-state index contributed by atoms with van der Waals surface area (Å²) in [4.78, 5) is 8.66. The van der Waals surface area contributed by atoms with Crippen molar-refractivity contribution in [3.63, 3.8) is 0 Å². The molecule has 6 nitrogen and oxygen atoms in total. The molecule has 3 aromatic rings. The van der Waals surface area contributed by atoms with Crippen molar-refractivity contribution in [1.82, 2.24) is 14.4 Å². The maximum Gasteiger partial charge on any atom is 0.180 e. The molecule has 4 N–H and O–H groups in total. The van der Waals surface area contributed by atoms with Crippen molar-refractivity contribution in [3.8, 4) is 0 Å². The topological polar surface area (TPSA) is 80.3 Å². The Bertz CT molecular complexity index is 772. The fraction of sp³-hybridized carbons (Fsp3) is 0. The molecule has 102 valence electrons. The van der Waals surface area contributed by atoms with Crippen LogP contribution in [0.2, 0.25) is 5.02 Å². The van der Waals surface area contributed by atoms with Crippen molar-refractivity contribution in [2.24, 2.45) is 5.84 Å². The molecule has 8 heteroatoms. The maximum absolute atomic E-state index is 5.95. The van der Waals surface area contributed by atoms with Gasteiger partial charge in [0.25, 0.3) is 0 Å². The summed E-state index contributed by atoms with van der Waals surface area (Å²) in [7, 11) is 0. The smallest absolute Gasteiger partial charge is 0.180 e. The van der Waals surface area contributed by atoms with E-state index in [1.807, 2.05) is 28.8 Å². The van der Waals surface area contributed by atoms with E-state index in [0.29, 0.717) is 16.7 Å². The van der Waals surface area contributed by atoms with Crippen molar-refractivity contribution < 1.29 is 0 Å². The molecule has 2 heterocycles. The number of nitrogens with zero attached hydrogens (tertiary/aromatic N) is 3. The second-order valence-electron chi connectivity index (χ2n) is 4.03. The van der Waals surface area contributed by atoms with E-state index in [2.05, 4.69) is 43.3 Å². The van der Waals surface area contributed by atoms with Crippen molar-refractivity contribution in [3.05, 3.63) is 45.4 Å². The number of hydrazine groups is 1. The Morgan fingerprint density at radius 2 is 2.20 bits per heavy atom. The number of halogens is 2. The second-order valence-corrected chi connectivity index (χ2v) is 5.63. The SMILES string of the molecule is NNc1cn2ccnc2c(Nc2ccc(Cl)cc2I)n1. The zero-order chi connectivity index (χ0) is 14.1. The van der Waals surface area contributed by atoms with E-state index in [1.54, 1.807) is 12.4 Å². The largest absolute Gasteiger partial charge is 0.336 e. The third-order valence-corrected chi connectivity index (χ3v) is 3.83. The molecule has 0 radical (unpaired) electrons. The van der Waals surface area contributed by atoms with Crippen LogP contribution in [0.15, 0.2) is 36.8 Å². The highest BCUT2D eigenvalue weighted by Crippen LogP contribution is 2.27. The number of nitrogens with two attached hydrogens (primary N) is 1. The number of anilines is 3. The van der Waals surface area contributed by atoms with Crippen molar-refractivity contribution in [2.45, 2.75) is 0 Å². The van der Waals surface area contributed by atoms with E-state index in [1.165, 1.54) is 0 Å². The lowest BCUT2D eigenvalue weighted by Crippen LogP contribution is -2.11. The van der Waals surface area contributed by atoms with Crippen LogP contribution in [0.25, 0.3) is 5.65 Å². The lowest BCUT2D eigenvalue weighted by Gasteiger charge is -2.11. The van der Waals surface area contributed by atoms with Crippen molar-refractivity contribution in [2.75, 3.05) is 10.7 Å².